The first-order chi connectivity index (χ1) is 22.5. The number of hydrogen-bond acceptors (Lipinski definition) is 1. The number of aromatic nitrogens is 4. The Morgan fingerprint density at radius 1 is 0.652 bits per heavy atom. The number of rotatable bonds is 6. The van der Waals surface area contributed by atoms with Gasteiger partial charge in [-0.05, 0) is 84.9 Å². The van der Waals surface area contributed by atoms with E-state index < -0.39 is 0 Å². The molecule has 0 saturated heterocycles. The normalized spacial score (nSPS) is 12.4. The van der Waals surface area contributed by atoms with Crippen LogP contribution in [0, 0.1) is 0 Å². The molecule has 0 aliphatic rings. The van der Waals surface area contributed by atoms with Crippen molar-refractivity contribution >= 4 is 49.2 Å². The highest BCUT2D eigenvalue weighted by Gasteiger charge is 2.22. The first-order valence-electron chi connectivity index (χ1n) is 15.7. The van der Waals surface area contributed by atoms with Gasteiger partial charge in [0.2, 0.25) is 6.33 Å². The van der Waals surface area contributed by atoms with Gasteiger partial charge in [0, 0.05) is 47.0 Å². The Morgan fingerprint density at radius 2 is 1.24 bits per heavy atom. The van der Waals surface area contributed by atoms with Crippen molar-refractivity contribution in [1.29, 1.82) is 0 Å². The zero-order valence-corrected chi connectivity index (χ0v) is 26.6. The van der Waals surface area contributed by atoms with Crippen molar-refractivity contribution in [3.8, 4) is 17.1 Å². The standard InChI is InChI=1S/C41H36N5/c1-5-29(22-23-42(2)3)30-16-20-38-36(26-30)34-18-19-35-37-27-33(44-25-24-43(4)28-44)17-21-39(37)46(32-14-10-7-11-15-32)41(35)40(34)45(38)31-12-8-6-9-13-31/h5-28H,1-4H3/q+1. The summed E-state index contributed by atoms with van der Waals surface area (Å²) in [4.78, 5) is 2.07. The quantitative estimate of drug-likeness (QED) is 0.138. The monoisotopic (exact) mass is 598 g/mol. The molecule has 0 radical (unpaired) electrons. The van der Waals surface area contributed by atoms with Crippen LogP contribution in [-0.2, 0) is 7.05 Å². The Morgan fingerprint density at radius 3 is 1.78 bits per heavy atom. The summed E-state index contributed by atoms with van der Waals surface area (Å²) in [6, 6.07) is 39.9. The molecule has 5 nitrogen and oxygen atoms in total. The van der Waals surface area contributed by atoms with E-state index >= 15 is 0 Å². The molecule has 224 valence electrons. The van der Waals surface area contributed by atoms with Crippen molar-refractivity contribution in [2.45, 2.75) is 6.92 Å². The molecular weight excluding hydrogens is 562 g/mol. The van der Waals surface area contributed by atoms with Crippen LogP contribution in [-0.4, -0.2) is 32.7 Å². The van der Waals surface area contributed by atoms with Gasteiger partial charge in [-0.15, -0.1) is 0 Å². The molecule has 0 aliphatic carbocycles. The minimum absolute atomic E-state index is 1.14. The Bertz CT molecular complexity index is 2450. The van der Waals surface area contributed by atoms with Gasteiger partial charge in [0.25, 0.3) is 0 Å². The average Bonchev–Trinajstić information content (AvgIpc) is 3.77. The van der Waals surface area contributed by atoms with Crippen LogP contribution in [0.15, 0.2) is 146 Å². The van der Waals surface area contributed by atoms with Crippen LogP contribution in [0.5, 0.6) is 0 Å². The highest BCUT2D eigenvalue weighted by Crippen LogP contribution is 2.42. The lowest BCUT2D eigenvalue weighted by Crippen LogP contribution is -2.23. The summed E-state index contributed by atoms with van der Waals surface area (Å²) < 4.78 is 9.15. The second-order valence-corrected chi connectivity index (χ2v) is 12.1. The predicted octanol–water partition coefficient (Wildman–Crippen LogP) is 8.97. The lowest BCUT2D eigenvalue weighted by Gasteiger charge is -2.12. The number of para-hydroxylation sites is 2. The molecule has 3 aromatic heterocycles. The van der Waals surface area contributed by atoms with Gasteiger partial charge in [0.1, 0.15) is 18.1 Å². The Hall–Kier alpha value is -5.81. The Balaban J connectivity index is 1.52. The molecule has 0 spiro atoms. The van der Waals surface area contributed by atoms with Crippen LogP contribution < -0.4 is 4.57 Å². The van der Waals surface area contributed by atoms with Gasteiger partial charge >= 0.3 is 0 Å². The van der Waals surface area contributed by atoms with E-state index in [-0.39, 0.29) is 0 Å². The summed E-state index contributed by atoms with van der Waals surface area (Å²) in [6.45, 7) is 2.11. The van der Waals surface area contributed by atoms with E-state index in [0.29, 0.717) is 0 Å². The fraction of sp³-hybridized carbons (Fsp3) is 0.0976. The molecule has 3 heterocycles. The lowest BCUT2D eigenvalue weighted by atomic mass is 10.0. The third-order valence-corrected chi connectivity index (χ3v) is 8.93. The largest absolute Gasteiger partial charge is 0.383 e. The molecule has 0 saturated carbocycles. The van der Waals surface area contributed by atoms with Gasteiger partial charge in [-0.2, -0.15) is 0 Å². The van der Waals surface area contributed by atoms with Gasteiger partial charge in [-0.25, -0.2) is 9.13 Å². The number of nitrogens with zero attached hydrogens (tertiary/aromatic N) is 5. The van der Waals surface area contributed by atoms with E-state index in [4.69, 9.17) is 0 Å². The number of imidazole rings is 1. The van der Waals surface area contributed by atoms with E-state index in [1.807, 2.05) is 0 Å². The summed E-state index contributed by atoms with van der Waals surface area (Å²) in [5.41, 5.74) is 10.6. The van der Waals surface area contributed by atoms with Crippen LogP contribution >= 0.6 is 0 Å². The molecule has 8 aromatic rings. The van der Waals surface area contributed by atoms with Crippen LogP contribution in [0.3, 0.4) is 0 Å². The highest BCUT2D eigenvalue weighted by atomic mass is 15.1. The SMILES string of the molecule is CC=C(C=CN(C)C)c1ccc2c(c1)c1ccc3c4cc(-n5cc[n+](C)c5)ccc4n(-c4ccccc4)c3c1n2-c1ccccc1. The molecule has 0 N–H and O–H groups in total. The van der Waals surface area contributed by atoms with Crippen LogP contribution in [0.1, 0.15) is 12.5 Å². The Labute approximate surface area is 268 Å². The fourth-order valence-electron chi connectivity index (χ4n) is 6.81. The van der Waals surface area contributed by atoms with E-state index in [1.54, 1.807) is 0 Å². The molecule has 46 heavy (non-hydrogen) atoms. The summed E-state index contributed by atoms with van der Waals surface area (Å²) in [7, 11) is 6.16. The smallest absolute Gasteiger partial charge is 0.248 e. The molecule has 0 amide bonds. The minimum Gasteiger partial charge on any atom is -0.383 e. The third-order valence-electron chi connectivity index (χ3n) is 8.93. The molecule has 5 aromatic carbocycles. The van der Waals surface area contributed by atoms with Gasteiger partial charge < -0.3 is 14.0 Å². The number of fused-ring (bicyclic) bond motifs is 7. The third kappa shape index (κ3) is 4.43. The Kier molecular flexibility index (Phi) is 6.61. The second-order valence-electron chi connectivity index (χ2n) is 12.1. The van der Waals surface area contributed by atoms with E-state index in [9.17, 15) is 0 Å². The molecule has 0 unspecified atom stereocenters. The molecule has 8 rings (SSSR count). The van der Waals surface area contributed by atoms with Crippen molar-refractivity contribution < 1.29 is 4.57 Å². The second kappa shape index (κ2) is 11.0. The predicted molar refractivity (Wildman–Crippen MR) is 192 cm³/mol. The van der Waals surface area contributed by atoms with E-state index in [2.05, 4.69) is 198 Å². The topological polar surface area (TPSA) is 21.9 Å². The molecule has 0 bridgehead atoms. The molecule has 0 atom stereocenters. The van der Waals surface area contributed by atoms with Gasteiger partial charge in [0.15, 0.2) is 0 Å². The molecule has 0 aliphatic heterocycles. The first kappa shape index (κ1) is 27.7. The fourth-order valence-corrected chi connectivity index (χ4v) is 6.81. The number of hydrogen-bond donors (Lipinski definition) is 0. The number of allylic oxidation sites excluding steroid dienone is 3. The zero-order chi connectivity index (χ0) is 31.4. The van der Waals surface area contributed by atoms with Gasteiger partial charge in [-0.1, -0.05) is 60.7 Å². The van der Waals surface area contributed by atoms with E-state index in [1.165, 1.54) is 54.7 Å². The van der Waals surface area contributed by atoms with Crippen molar-refractivity contribution in [3.63, 3.8) is 0 Å². The maximum atomic E-state index is 2.45. The van der Waals surface area contributed by atoms with Crippen LogP contribution in [0.2, 0.25) is 0 Å². The van der Waals surface area contributed by atoms with Crippen molar-refractivity contribution in [3.05, 3.63) is 152 Å². The summed E-state index contributed by atoms with van der Waals surface area (Å²) in [6.07, 6.45) is 12.8. The lowest BCUT2D eigenvalue weighted by molar-refractivity contribution is -0.670. The van der Waals surface area contributed by atoms with Crippen molar-refractivity contribution in [2.24, 2.45) is 7.05 Å². The number of benzene rings is 5. The molecule has 0 fully saturated rings. The maximum Gasteiger partial charge on any atom is 0.248 e. The molecule has 5 heteroatoms. The van der Waals surface area contributed by atoms with Crippen molar-refractivity contribution in [1.82, 2.24) is 18.6 Å². The maximum absolute atomic E-state index is 2.45. The summed E-state index contributed by atoms with van der Waals surface area (Å²) >= 11 is 0. The number of aryl methyl sites for hydroxylation is 1. The highest BCUT2D eigenvalue weighted by molar-refractivity contribution is 6.24. The minimum atomic E-state index is 1.14. The zero-order valence-electron chi connectivity index (χ0n) is 26.6. The van der Waals surface area contributed by atoms with E-state index in [0.717, 1.165) is 17.1 Å². The summed E-state index contributed by atoms with van der Waals surface area (Å²) in [5.74, 6) is 0. The van der Waals surface area contributed by atoms with Gasteiger partial charge in [0.05, 0.1) is 29.1 Å². The van der Waals surface area contributed by atoms with Gasteiger partial charge in [-0.3, -0.25) is 0 Å². The first-order valence-corrected chi connectivity index (χ1v) is 15.7. The van der Waals surface area contributed by atoms with Crippen LogP contribution in [0.4, 0.5) is 0 Å². The average molecular weight is 599 g/mol. The van der Waals surface area contributed by atoms with Crippen molar-refractivity contribution in [2.75, 3.05) is 14.1 Å². The molecular formula is C41H36N5+. The van der Waals surface area contributed by atoms with Crippen LogP contribution in [0.25, 0.3) is 66.2 Å². The summed E-state index contributed by atoms with van der Waals surface area (Å²) in [5, 5.41) is 4.93.